The SMILES string of the molecule is CCOc1c(CC(N)=O)cc([C@@](O)(CNC(=O)c2cc(OC)c3nn(C4CC4)cc3c2)C2CC2)nc1-c1ccc(F)cc1. The second kappa shape index (κ2) is 11.3. The van der Waals surface area contributed by atoms with E-state index in [4.69, 9.17) is 20.2 Å². The van der Waals surface area contributed by atoms with Gasteiger partial charge in [0, 0.05) is 28.3 Å². The van der Waals surface area contributed by atoms with Gasteiger partial charge in [-0.25, -0.2) is 9.37 Å². The molecule has 2 saturated carbocycles. The third-order valence-corrected chi connectivity index (χ3v) is 8.03. The smallest absolute Gasteiger partial charge is 0.251 e. The number of pyridine rings is 1. The second-order valence-electron chi connectivity index (χ2n) is 11.3. The van der Waals surface area contributed by atoms with Crippen molar-refractivity contribution >= 4 is 22.7 Å². The van der Waals surface area contributed by atoms with Crippen LogP contribution >= 0.6 is 0 Å². The summed E-state index contributed by atoms with van der Waals surface area (Å²) in [5.41, 5.74) is 6.71. The lowest BCUT2D eigenvalue weighted by Crippen LogP contribution is -2.43. The maximum absolute atomic E-state index is 13.8. The quantitative estimate of drug-likeness (QED) is 0.227. The van der Waals surface area contributed by atoms with Gasteiger partial charge in [0.1, 0.15) is 34.1 Å². The number of carbonyl (C=O) groups is 2. The van der Waals surface area contributed by atoms with E-state index in [1.54, 1.807) is 44.4 Å². The number of rotatable bonds is 12. The Labute approximate surface area is 248 Å². The normalized spacial score (nSPS) is 16.1. The maximum atomic E-state index is 13.8. The van der Waals surface area contributed by atoms with Gasteiger partial charge in [-0.05, 0) is 81.0 Å². The highest BCUT2D eigenvalue weighted by Gasteiger charge is 2.47. The van der Waals surface area contributed by atoms with Crippen molar-refractivity contribution in [1.82, 2.24) is 20.1 Å². The Kier molecular flexibility index (Phi) is 7.51. The van der Waals surface area contributed by atoms with Crippen molar-refractivity contribution in [3.63, 3.8) is 0 Å². The highest BCUT2D eigenvalue weighted by atomic mass is 19.1. The number of fused-ring (bicyclic) bond motifs is 1. The van der Waals surface area contributed by atoms with E-state index in [0.717, 1.165) is 31.1 Å². The Morgan fingerprint density at radius 3 is 2.53 bits per heavy atom. The van der Waals surface area contributed by atoms with Crippen molar-refractivity contribution in [1.29, 1.82) is 0 Å². The number of amides is 2. The third kappa shape index (κ3) is 5.77. The molecule has 6 rings (SSSR count). The van der Waals surface area contributed by atoms with Gasteiger partial charge in [-0.15, -0.1) is 0 Å². The van der Waals surface area contributed by atoms with Gasteiger partial charge in [0.15, 0.2) is 0 Å². The van der Waals surface area contributed by atoms with E-state index in [2.05, 4.69) is 10.4 Å². The van der Waals surface area contributed by atoms with E-state index in [1.807, 2.05) is 10.9 Å². The van der Waals surface area contributed by atoms with E-state index in [0.29, 0.717) is 45.4 Å². The molecule has 0 unspecified atom stereocenters. The molecule has 4 aromatic rings. The number of aromatic nitrogens is 3. The monoisotopic (exact) mass is 587 g/mol. The highest BCUT2D eigenvalue weighted by molar-refractivity contribution is 6.00. The molecule has 43 heavy (non-hydrogen) atoms. The van der Waals surface area contributed by atoms with Gasteiger partial charge in [0.05, 0.1) is 38.4 Å². The van der Waals surface area contributed by atoms with Crippen molar-refractivity contribution in [3.8, 4) is 22.8 Å². The number of nitrogens with one attached hydrogen (secondary N) is 1. The van der Waals surface area contributed by atoms with Crippen LogP contribution in [0.25, 0.3) is 22.2 Å². The highest BCUT2D eigenvalue weighted by Crippen LogP contribution is 2.47. The summed E-state index contributed by atoms with van der Waals surface area (Å²) in [6.07, 6.45) is 5.39. The molecule has 4 N–H and O–H groups in total. The molecule has 224 valence electrons. The zero-order chi connectivity index (χ0) is 30.3. The summed E-state index contributed by atoms with van der Waals surface area (Å²) in [4.78, 5) is 30.3. The summed E-state index contributed by atoms with van der Waals surface area (Å²) in [7, 11) is 1.54. The molecule has 0 bridgehead atoms. The molecular weight excluding hydrogens is 553 g/mol. The second-order valence-corrected chi connectivity index (χ2v) is 11.3. The van der Waals surface area contributed by atoms with Crippen molar-refractivity contribution in [2.24, 2.45) is 11.7 Å². The third-order valence-electron chi connectivity index (χ3n) is 8.03. The van der Waals surface area contributed by atoms with Gasteiger partial charge >= 0.3 is 0 Å². The van der Waals surface area contributed by atoms with Crippen LogP contribution in [0.2, 0.25) is 0 Å². The van der Waals surface area contributed by atoms with Crippen LogP contribution in [-0.2, 0) is 16.8 Å². The van der Waals surface area contributed by atoms with Crippen LogP contribution in [0, 0.1) is 11.7 Å². The van der Waals surface area contributed by atoms with E-state index in [1.165, 1.54) is 12.1 Å². The molecule has 0 aliphatic heterocycles. The van der Waals surface area contributed by atoms with Crippen LogP contribution in [0.3, 0.4) is 0 Å². The van der Waals surface area contributed by atoms with Gasteiger partial charge in [-0.1, -0.05) is 0 Å². The first-order chi connectivity index (χ1) is 20.7. The molecule has 10 nitrogen and oxygen atoms in total. The standard InChI is InChI=1S/C32H34FN5O5/c1-3-43-30-19(15-27(34)39)14-26(36-29(30)18-4-8-23(33)9-5-18)32(41,22-6-7-22)17-35-31(40)20-12-21-16-38(24-10-11-24)37-28(21)25(13-20)42-2/h4-5,8-9,12-14,16,22,24,41H,3,6-7,10-11,15,17H2,1-2H3,(H2,34,39)(H,35,40)/t32-/m1/s1. The number of ether oxygens (including phenoxy) is 2. The van der Waals surface area contributed by atoms with Crippen molar-refractivity contribution in [2.45, 2.75) is 50.7 Å². The Bertz CT molecular complexity index is 1700. The van der Waals surface area contributed by atoms with Crippen molar-refractivity contribution in [2.75, 3.05) is 20.3 Å². The fourth-order valence-electron chi connectivity index (χ4n) is 5.49. The van der Waals surface area contributed by atoms with Crippen molar-refractivity contribution < 1.29 is 28.6 Å². The summed E-state index contributed by atoms with van der Waals surface area (Å²) in [5.74, 6) is -0.725. The fourth-order valence-corrected chi connectivity index (χ4v) is 5.49. The average molecular weight is 588 g/mol. The van der Waals surface area contributed by atoms with Gasteiger partial charge in [-0.3, -0.25) is 14.3 Å². The molecule has 0 spiro atoms. The predicted molar refractivity (Wildman–Crippen MR) is 157 cm³/mol. The average Bonchev–Trinajstić information content (AvgIpc) is 3.93. The van der Waals surface area contributed by atoms with Crippen molar-refractivity contribution in [3.05, 3.63) is 71.3 Å². The topological polar surface area (TPSA) is 142 Å². The van der Waals surface area contributed by atoms with Gasteiger partial charge in [-0.2, -0.15) is 5.10 Å². The minimum absolute atomic E-state index is 0.127. The van der Waals surface area contributed by atoms with Gasteiger partial charge < -0.3 is 25.6 Å². The largest absolute Gasteiger partial charge is 0.494 e. The minimum Gasteiger partial charge on any atom is -0.494 e. The van der Waals surface area contributed by atoms with E-state index >= 15 is 0 Å². The van der Waals surface area contributed by atoms with E-state index < -0.39 is 17.3 Å². The Hall–Kier alpha value is -4.51. The fraction of sp³-hybridized carbons (Fsp3) is 0.375. The zero-order valence-corrected chi connectivity index (χ0v) is 24.1. The van der Waals surface area contributed by atoms with E-state index in [-0.39, 0.29) is 37.1 Å². The van der Waals surface area contributed by atoms with Crippen LogP contribution in [-0.4, -0.2) is 51.9 Å². The van der Waals surface area contributed by atoms with Crippen LogP contribution in [0.4, 0.5) is 4.39 Å². The molecule has 2 aromatic carbocycles. The Balaban J connectivity index is 1.35. The summed E-state index contributed by atoms with van der Waals surface area (Å²) in [6.45, 7) is 1.96. The van der Waals surface area contributed by atoms with Crippen LogP contribution < -0.4 is 20.5 Å². The first-order valence-electron chi connectivity index (χ1n) is 14.5. The summed E-state index contributed by atoms with van der Waals surface area (Å²) >= 11 is 0. The number of benzene rings is 2. The van der Waals surface area contributed by atoms with Crippen LogP contribution in [0.5, 0.6) is 11.5 Å². The number of primary amides is 1. The first kappa shape index (κ1) is 28.6. The molecule has 11 heteroatoms. The molecule has 2 heterocycles. The zero-order valence-electron chi connectivity index (χ0n) is 24.1. The summed E-state index contributed by atoms with van der Waals surface area (Å²) in [6, 6.07) is 11.1. The number of aliphatic hydroxyl groups is 1. The molecule has 2 aromatic heterocycles. The molecule has 2 fully saturated rings. The molecule has 2 aliphatic carbocycles. The lowest BCUT2D eigenvalue weighted by atomic mass is 9.90. The predicted octanol–water partition coefficient (Wildman–Crippen LogP) is 4.04. The number of hydrogen-bond donors (Lipinski definition) is 3. The molecule has 2 aliphatic rings. The molecule has 0 radical (unpaired) electrons. The minimum atomic E-state index is -1.55. The van der Waals surface area contributed by atoms with Crippen LogP contribution in [0.15, 0.2) is 48.7 Å². The lowest BCUT2D eigenvalue weighted by Gasteiger charge is -2.30. The Morgan fingerprint density at radius 2 is 1.91 bits per heavy atom. The number of nitrogens with zero attached hydrogens (tertiary/aromatic N) is 3. The molecule has 2 amide bonds. The Morgan fingerprint density at radius 1 is 1.16 bits per heavy atom. The summed E-state index contributed by atoms with van der Waals surface area (Å²) in [5, 5.41) is 20.5. The number of halogens is 1. The number of carbonyl (C=O) groups excluding carboxylic acids is 2. The first-order valence-corrected chi connectivity index (χ1v) is 14.5. The number of nitrogens with two attached hydrogens (primary N) is 1. The summed E-state index contributed by atoms with van der Waals surface area (Å²) < 4.78 is 27.1. The maximum Gasteiger partial charge on any atom is 0.251 e. The number of methoxy groups -OCH3 is 1. The number of hydrogen-bond acceptors (Lipinski definition) is 7. The molecule has 0 saturated heterocycles. The van der Waals surface area contributed by atoms with Gasteiger partial charge in [0.2, 0.25) is 5.91 Å². The molecular formula is C32H34FN5O5. The van der Waals surface area contributed by atoms with Gasteiger partial charge in [0.25, 0.3) is 5.91 Å². The molecule has 1 atom stereocenters. The van der Waals surface area contributed by atoms with E-state index in [9.17, 15) is 19.1 Å². The van der Waals surface area contributed by atoms with Crippen LogP contribution in [0.1, 0.15) is 60.3 Å². The lowest BCUT2D eigenvalue weighted by molar-refractivity contribution is -0.117.